The van der Waals surface area contributed by atoms with Crippen LogP contribution in [0.4, 0.5) is 0 Å². The van der Waals surface area contributed by atoms with Gasteiger partial charge in [-0.1, -0.05) is 19.9 Å². The zero-order chi connectivity index (χ0) is 10.3. The topological polar surface area (TPSA) is 66.8 Å². The maximum Gasteiger partial charge on any atom is 0.330 e. The van der Waals surface area contributed by atoms with Gasteiger partial charge >= 0.3 is 5.97 Å². The molecule has 13 heavy (non-hydrogen) atoms. The monoisotopic (exact) mass is 188 g/mol. The number of rotatable bonds is 6. The number of hydrogen-bond donors (Lipinski definition) is 2. The number of aliphatic hydroxyl groups excluding tert-OH is 1. The van der Waals surface area contributed by atoms with E-state index in [4.69, 9.17) is 14.9 Å². The zero-order valence-corrected chi connectivity index (χ0v) is 7.77. The van der Waals surface area contributed by atoms with Gasteiger partial charge in [-0.3, -0.25) is 0 Å². The molecular formula is C9H16O4. The molecule has 0 amide bonds. The largest absolute Gasteiger partial charge is 0.454 e. The molecule has 0 fully saturated rings. The van der Waals surface area contributed by atoms with Crippen molar-refractivity contribution in [3.8, 4) is 0 Å². The number of hydrogen-bond acceptors (Lipinski definition) is 4. The molecule has 0 aliphatic rings. The summed E-state index contributed by atoms with van der Waals surface area (Å²) in [7, 11) is 0. The Morgan fingerprint density at radius 1 is 1.62 bits per heavy atom. The van der Waals surface area contributed by atoms with Crippen molar-refractivity contribution < 1.29 is 19.7 Å². The minimum absolute atomic E-state index is 0.452. The maximum atomic E-state index is 10.7. The minimum atomic E-state index is -1.62. The van der Waals surface area contributed by atoms with Gasteiger partial charge in [-0.15, -0.1) is 0 Å². The van der Waals surface area contributed by atoms with E-state index in [-0.39, 0.29) is 0 Å². The Kier molecular flexibility index (Phi) is 6.18. The van der Waals surface area contributed by atoms with Crippen LogP contribution in [0.1, 0.15) is 26.2 Å². The second-order valence-corrected chi connectivity index (χ2v) is 2.74. The van der Waals surface area contributed by atoms with Crippen molar-refractivity contribution in [2.45, 2.75) is 38.6 Å². The highest BCUT2D eigenvalue weighted by atomic mass is 16.6. The highest BCUT2D eigenvalue weighted by Crippen LogP contribution is 2.08. The van der Waals surface area contributed by atoms with Crippen molar-refractivity contribution in [1.29, 1.82) is 0 Å². The summed E-state index contributed by atoms with van der Waals surface area (Å²) in [5.41, 5.74) is 0. The summed E-state index contributed by atoms with van der Waals surface area (Å²) < 4.78 is 4.71. The summed E-state index contributed by atoms with van der Waals surface area (Å²) >= 11 is 0. The van der Waals surface area contributed by atoms with Gasteiger partial charge in [-0.05, 0) is 12.8 Å². The van der Waals surface area contributed by atoms with Crippen LogP contribution in [-0.4, -0.2) is 28.6 Å². The van der Waals surface area contributed by atoms with Crippen LogP contribution in [0.25, 0.3) is 0 Å². The number of carbonyl (C=O) groups excluding carboxylic acids is 1. The van der Waals surface area contributed by atoms with Crippen molar-refractivity contribution in [3.63, 3.8) is 0 Å². The smallest absolute Gasteiger partial charge is 0.330 e. The number of carbonyl (C=O) groups is 1. The molecule has 0 rings (SSSR count). The second-order valence-electron chi connectivity index (χ2n) is 2.74. The first-order chi connectivity index (χ1) is 6.11. The third-order valence-electron chi connectivity index (χ3n) is 1.61. The van der Waals surface area contributed by atoms with Gasteiger partial charge in [0.15, 0.2) is 12.4 Å². The Morgan fingerprint density at radius 3 is 2.62 bits per heavy atom. The Morgan fingerprint density at radius 2 is 2.23 bits per heavy atom. The summed E-state index contributed by atoms with van der Waals surface area (Å²) in [5.74, 6) is -0.630. The third-order valence-corrected chi connectivity index (χ3v) is 1.61. The lowest BCUT2D eigenvalue weighted by Crippen LogP contribution is -2.30. The molecule has 0 saturated carbocycles. The number of esters is 1. The first-order valence-corrected chi connectivity index (χ1v) is 4.31. The van der Waals surface area contributed by atoms with Crippen LogP contribution in [0.15, 0.2) is 12.7 Å². The summed E-state index contributed by atoms with van der Waals surface area (Å²) in [6.45, 7) is 5.18. The average Bonchev–Trinajstić information content (AvgIpc) is 2.11. The molecule has 2 N–H and O–H groups in total. The molecule has 4 nitrogen and oxygen atoms in total. The van der Waals surface area contributed by atoms with Crippen molar-refractivity contribution >= 4 is 5.97 Å². The van der Waals surface area contributed by atoms with Crippen LogP contribution in [0, 0.1) is 0 Å². The quantitative estimate of drug-likeness (QED) is 0.363. The van der Waals surface area contributed by atoms with Crippen LogP contribution < -0.4 is 0 Å². The van der Waals surface area contributed by atoms with Crippen molar-refractivity contribution in [2.24, 2.45) is 0 Å². The lowest BCUT2D eigenvalue weighted by atomic mass is 10.1. The summed E-state index contributed by atoms with van der Waals surface area (Å²) in [4.78, 5) is 10.7. The molecule has 0 aromatic carbocycles. The highest BCUT2D eigenvalue weighted by Gasteiger charge is 2.19. The van der Waals surface area contributed by atoms with E-state index in [2.05, 4.69) is 6.58 Å². The van der Waals surface area contributed by atoms with Gasteiger partial charge in [0.1, 0.15) is 0 Å². The molecule has 1 unspecified atom stereocenters. The Balaban J connectivity index is 3.93. The summed E-state index contributed by atoms with van der Waals surface area (Å²) in [6.07, 6.45) is 0.692. The van der Waals surface area contributed by atoms with Crippen LogP contribution in [0.3, 0.4) is 0 Å². The van der Waals surface area contributed by atoms with Crippen LogP contribution in [0.2, 0.25) is 0 Å². The number of unbranched alkanes of at least 4 members (excludes halogenated alkanes) is 1. The summed E-state index contributed by atoms with van der Waals surface area (Å²) in [5, 5.41) is 17.7. The van der Waals surface area contributed by atoms with Gasteiger partial charge in [0.2, 0.25) is 0 Å². The molecule has 0 aromatic heterocycles. The molecule has 0 bridgehead atoms. The average molecular weight is 188 g/mol. The molecule has 0 spiro atoms. The normalized spacial score (nSPS) is 12.6. The molecule has 4 heteroatoms. The Labute approximate surface area is 77.8 Å². The standard InChI is InChI=1S/C9H16O4/c1-3-5-6-7(9(11)12)13-8(10)4-2/h4,7,9,11-12H,2-3,5-6H2,1H3. The van der Waals surface area contributed by atoms with E-state index >= 15 is 0 Å². The molecule has 0 heterocycles. The van der Waals surface area contributed by atoms with Crippen LogP contribution >= 0.6 is 0 Å². The first-order valence-electron chi connectivity index (χ1n) is 4.31. The molecule has 1 atom stereocenters. The van der Waals surface area contributed by atoms with E-state index in [0.717, 1.165) is 18.9 Å². The molecule has 0 aliphatic carbocycles. The predicted molar refractivity (Wildman–Crippen MR) is 47.8 cm³/mol. The van der Waals surface area contributed by atoms with Crippen molar-refractivity contribution in [3.05, 3.63) is 12.7 Å². The van der Waals surface area contributed by atoms with Gasteiger partial charge in [-0.25, -0.2) is 4.79 Å². The molecule has 0 aliphatic heterocycles. The third kappa shape index (κ3) is 5.38. The van der Waals surface area contributed by atoms with Crippen molar-refractivity contribution in [1.82, 2.24) is 0 Å². The zero-order valence-electron chi connectivity index (χ0n) is 7.77. The lowest BCUT2D eigenvalue weighted by molar-refractivity contribution is -0.171. The van der Waals surface area contributed by atoms with Gasteiger partial charge in [0.25, 0.3) is 0 Å². The van der Waals surface area contributed by atoms with E-state index in [0.29, 0.717) is 6.42 Å². The fraction of sp³-hybridized carbons (Fsp3) is 0.667. The van der Waals surface area contributed by atoms with Crippen LogP contribution in [-0.2, 0) is 9.53 Å². The van der Waals surface area contributed by atoms with Gasteiger partial charge < -0.3 is 14.9 Å². The molecular weight excluding hydrogens is 172 g/mol. The molecule has 76 valence electrons. The number of ether oxygens (including phenoxy) is 1. The first kappa shape index (κ1) is 12.1. The minimum Gasteiger partial charge on any atom is -0.454 e. The predicted octanol–water partition coefficient (Wildman–Crippen LogP) is 0.585. The fourth-order valence-corrected chi connectivity index (χ4v) is 0.871. The highest BCUT2D eigenvalue weighted by molar-refractivity contribution is 5.81. The van der Waals surface area contributed by atoms with E-state index in [9.17, 15) is 4.79 Å². The second kappa shape index (κ2) is 6.62. The molecule has 0 radical (unpaired) electrons. The number of aliphatic hydroxyl groups is 2. The van der Waals surface area contributed by atoms with E-state index < -0.39 is 18.4 Å². The fourth-order valence-electron chi connectivity index (χ4n) is 0.871. The summed E-state index contributed by atoms with van der Waals surface area (Å²) in [6, 6.07) is 0. The SMILES string of the molecule is C=CC(=O)OC(CCCC)C(O)O. The van der Waals surface area contributed by atoms with Gasteiger partial charge in [0.05, 0.1) is 0 Å². The van der Waals surface area contributed by atoms with Gasteiger partial charge in [-0.2, -0.15) is 0 Å². The van der Waals surface area contributed by atoms with E-state index in [1.165, 1.54) is 0 Å². The molecule has 0 saturated heterocycles. The van der Waals surface area contributed by atoms with E-state index in [1.807, 2.05) is 6.92 Å². The maximum absolute atomic E-state index is 10.7. The Hall–Kier alpha value is -0.870. The van der Waals surface area contributed by atoms with E-state index in [1.54, 1.807) is 0 Å². The molecule has 0 aromatic rings. The Bertz CT molecular complexity index is 165. The lowest BCUT2D eigenvalue weighted by Gasteiger charge is -2.18. The van der Waals surface area contributed by atoms with Crippen molar-refractivity contribution in [2.75, 3.05) is 0 Å². The van der Waals surface area contributed by atoms with Gasteiger partial charge in [0, 0.05) is 6.08 Å². The van der Waals surface area contributed by atoms with Crippen LogP contribution in [0.5, 0.6) is 0 Å².